The number of carboxylic acids is 1. The summed E-state index contributed by atoms with van der Waals surface area (Å²) < 4.78 is 4.90. The van der Waals surface area contributed by atoms with E-state index in [1.54, 1.807) is 0 Å². The Balaban J connectivity index is 2.30. The average molecular weight is 272 g/mol. The number of ether oxygens (including phenoxy) is 1. The van der Waals surface area contributed by atoms with Crippen LogP contribution in [0.5, 0.6) is 0 Å². The van der Waals surface area contributed by atoms with Gasteiger partial charge in [-0.15, -0.1) is 0 Å². The highest BCUT2D eigenvalue weighted by atomic mass is 16.5. The first-order chi connectivity index (χ1) is 9.02. The first-order valence-electron chi connectivity index (χ1n) is 6.39. The van der Waals surface area contributed by atoms with Crippen LogP contribution in [-0.4, -0.2) is 42.6 Å². The number of hydrogen-bond donors (Lipinski definition) is 3. The van der Waals surface area contributed by atoms with Crippen LogP contribution < -0.4 is 11.1 Å². The van der Waals surface area contributed by atoms with E-state index >= 15 is 0 Å². The molecule has 2 unspecified atom stereocenters. The molecule has 1 rings (SSSR count). The summed E-state index contributed by atoms with van der Waals surface area (Å²) in [5.41, 5.74) is 4.89. The minimum absolute atomic E-state index is 0.180. The topological polar surface area (TPSA) is 119 Å². The summed E-state index contributed by atoms with van der Waals surface area (Å²) in [7, 11) is 0. The number of amides is 2. The molecule has 0 aromatic heterocycles. The Morgan fingerprint density at radius 1 is 1.21 bits per heavy atom. The molecular weight excluding hydrogens is 252 g/mol. The van der Waals surface area contributed by atoms with E-state index < -0.39 is 23.7 Å². The van der Waals surface area contributed by atoms with E-state index in [1.807, 2.05) is 0 Å². The summed E-state index contributed by atoms with van der Waals surface area (Å²) in [6.45, 7) is 0.241. The molecule has 1 saturated carbocycles. The summed E-state index contributed by atoms with van der Waals surface area (Å²) >= 11 is 0. The van der Waals surface area contributed by atoms with Crippen LogP contribution in [0.4, 0.5) is 0 Å². The zero-order valence-corrected chi connectivity index (χ0v) is 10.8. The number of rotatable bonds is 7. The molecule has 2 amide bonds. The van der Waals surface area contributed by atoms with Gasteiger partial charge in [0.25, 0.3) is 0 Å². The smallest absolute Gasteiger partial charge is 0.307 e. The van der Waals surface area contributed by atoms with Crippen molar-refractivity contribution < 1.29 is 24.2 Å². The molecule has 19 heavy (non-hydrogen) atoms. The Labute approximate surface area is 111 Å². The van der Waals surface area contributed by atoms with Gasteiger partial charge in [0.05, 0.1) is 18.4 Å². The van der Waals surface area contributed by atoms with Crippen LogP contribution in [0, 0.1) is 11.8 Å². The fourth-order valence-electron chi connectivity index (χ4n) is 2.29. The first kappa shape index (κ1) is 15.4. The number of primary amides is 1. The maximum absolute atomic E-state index is 11.9. The van der Waals surface area contributed by atoms with Crippen molar-refractivity contribution >= 4 is 17.8 Å². The third-order valence-electron chi connectivity index (χ3n) is 3.21. The second kappa shape index (κ2) is 7.73. The minimum Gasteiger partial charge on any atom is -0.481 e. The number of carbonyl (C=O) groups is 3. The van der Waals surface area contributed by atoms with Crippen molar-refractivity contribution in [3.63, 3.8) is 0 Å². The van der Waals surface area contributed by atoms with Gasteiger partial charge >= 0.3 is 5.97 Å². The molecule has 0 bridgehead atoms. The van der Waals surface area contributed by atoms with Crippen molar-refractivity contribution in [3.05, 3.63) is 0 Å². The number of carbonyl (C=O) groups excluding carboxylic acids is 2. The largest absolute Gasteiger partial charge is 0.481 e. The van der Waals surface area contributed by atoms with Crippen molar-refractivity contribution in [3.8, 4) is 0 Å². The second-order valence-corrected chi connectivity index (χ2v) is 4.65. The molecular formula is C12H20N2O5. The second-order valence-electron chi connectivity index (χ2n) is 4.65. The van der Waals surface area contributed by atoms with Crippen LogP contribution in [0.15, 0.2) is 0 Å². The number of nitrogens with one attached hydrogen (secondary N) is 1. The molecule has 7 nitrogen and oxygen atoms in total. The standard InChI is InChI=1S/C12H20N2O5/c13-10(15)7-19-6-5-14-11(16)8-3-1-2-4-9(8)12(17)18/h8-9H,1-7H2,(H2,13,15)(H,14,16)(H,17,18). The SMILES string of the molecule is NC(=O)COCCNC(=O)C1CCCCC1C(=O)O. The Bertz CT molecular complexity index is 345. The predicted octanol–water partition coefficient (Wildman–Crippen LogP) is -0.504. The van der Waals surface area contributed by atoms with Gasteiger partial charge < -0.3 is 20.9 Å². The fraction of sp³-hybridized carbons (Fsp3) is 0.750. The summed E-state index contributed by atoms with van der Waals surface area (Å²) in [6.07, 6.45) is 2.87. The Morgan fingerprint density at radius 2 is 1.84 bits per heavy atom. The van der Waals surface area contributed by atoms with Gasteiger partial charge in [-0.1, -0.05) is 12.8 Å². The Hall–Kier alpha value is -1.63. The lowest BCUT2D eigenvalue weighted by molar-refractivity contribution is -0.149. The Kier molecular flexibility index (Phi) is 6.27. The van der Waals surface area contributed by atoms with Gasteiger partial charge in [-0.25, -0.2) is 0 Å². The van der Waals surface area contributed by atoms with Gasteiger partial charge in [0.15, 0.2) is 0 Å². The summed E-state index contributed by atoms with van der Waals surface area (Å²) in [5.74, 6) is -2.80. The number of hydrogen-bond acceptors (Lipinski definition) is 4. The quantitative estimate of drug-likeness (QED) is 0.540. The molecule has 4 N–H and O–H groups in total. The van der Waals surface area contributed by atoms with Crippen LogP contribution in [0.2, 0.25) is 0 Å². The van der Waals surface area contributed by atoms with Gasteiger partial charge in [-0.3, -0.25) is 14.4 Å². The van der Waals surface area contributed by atoms with Crippen LogP contribution in [-0.2, 0) is 19.1 Å². The normalized spacial score (nSPS) is 22.7. The maximum Gasteiger partial charge on any atom is 0.307 e. The number of nitrogens with two attached hydrogens (primary N) is 1. The van der Waals surface area contributed by atoms with Crippen molar-refractivity contribution in [1.82, 2.24) is 5.32 Å². The highest BCUT2D eigenvalue weighted by Crippen LogP contribution is 2.30. The van der Waals surface area contributed by atoms with Gasteiger partial charge in [-0.2, -0.15) is 0 Å². The average Bonchev–Trinajstić information content (AvgIpc) is 2.37. The summed E-state index contributed by atoms with van der Waals surface area (Å²) in [4.78, 5) is 33.4. The van der Waals surface area contributed by atoms with Gasteiger partial charge in [0.2, 0.25) is 11.8 Å². The van der Waals surface area contributed by atoms with Crippen LogP contribution in [0.1, 0.15) is 25.7 Å². The van der Waals surface area contributed by atoms with E-state index in [2.05, 4.69) is 5.32 Å². The third-order valence-corrected chi connectivity index (χ3v) is 3.21. The molecule has 0 aromatic rings. The van der Waals surface area contributed by atoms with Crippen LogP contribution in [0.25, 0.3) is 0 Å². The van der Waals surface area contributed by atoms with E-state index in [0.717, 1.165) is 12.8 Å². The van der Waals surface area contributed by atoms with Gasteiger partial charge in [0, 0.05) is 6.54 Å². The third kappa shape index (κ3) is 5.25. The maximum atomic E-state index is 11.9. The highest BCUT2D eigenvalue weighted by molar-refractivity contribution is 5.84. The highest BCUT2D eigenvalue weighted by Gasteiger charge is 2.35. The predicted molar refractivity (Wildman–Crippen MR) is 66.1 cm³/mol. The molecule has 1 aliphatic rings. The van der Waals surface area contributed by atoms with Crippen LogP contribution in [0.3, 0.4) is 0 Å². The van der Waals surface area contributed by atoms with Gasteiger partial charge in [0.1, 0.15) is 6.61 Å². The molecule has 0 aromatic carbocycles. The molecule has 0 spiro atoms. The Morgan fingerprint density at radius 3 is 2.42 bits per heavy atom. The molecule has 0 saturated heterocycles. The summed E-state index contributed by atoms with van der Waals surface area (Å²) in [6, 6.07) is 0. The van der Waals surface area contributed by atoms with E-state index in [4.69, 9.17) is 15.6 Å². The minimum atomic E-state index is -0.912. The zero-order chi connectivity index (χ0) is 14.3. The molecule has 0 aliphatic heterocycles. The molecule has 1 aliphatic carbocycles. The lowest BCUT2D eigenvalue weighted by Gasteiger charge is -2.27. The summed E-state index contributed by atoms with van der Waals surface area (Å²) in [5, 5.41) is 11.7. The van der Waals surface area contributed by atoms with E-state index in [9.17, 15) is 14.4 Å². The molecule has 2 atom stereocenters. The number of carboxylic acid groups (broad SMARTS) is 1. The van der Waals surface area contributed by atoms with Crippen molar-refractivity contribution in [2.45, 2.75) is 25.7 Å². The molecule has 1 fully saturated rings. The monoisotopic (exact) mass is 272 g/mol. The molecule has 7 heteroatoms. The zero-order valence-electron chi connectivity index (χ0n) is 10.8. The van der Waals surface area contributed by atoms with E-state index in [0.29, 0.717) is 12.8 Å². The molecule has 0 heterocycles. The van der Waals surface area contributed by atoms with Crippen molar-refractivity contribution in [2.24, 2.45) is 17.6 Å². The number of aliphatic carboxylic acids is 1. The van der Waals surface area contributed by atoms with Crippen molar-refractivity contribution in [1.29, 1.82) is 0 Å². The fourth-order valence-corrected chi connectivity index (χ4v) is 2.29. The first-order valence-corrected chi connectivity index (χ1v) is 6.39. The van der Waals surface area contributed by atoms with Gasteiger partial charge in [-0.05, 0) is 12.8 Å². The van der Waals surface area contributed by atoms with Crippen LogP contribution >= 0.6 is 0 Å². The molecule has 108 valence electrons. The molecule has 0 radical (unpaired) electrons. The van der Waals surface area contributed by atoms with E-state index in [-0.39, 0.29) is 25.7 Å². The lowest BCUT2D eigenvalue weighted by atomic mass is 9.79. The van der Waals surface area contributed by atoms with E-state index in [1.165, 1.54) is 0 Å². The van der Waals surface area contributed by atoms with Crippen molar-refractivity contribution in [2.75, 3.05) is 19.8 Å². The lowest BCUT2D eigenvalue weighted by Crippen LogP contribution is -2.41.